The summed E-state index contributed by atoms with van der Waals surface area (Å²) in [4.78, 5) is 12.3. The molecule has 0 aliphatic heterocycles. The highest BCUT2D eigenvalue weighted by Crippen LogP contribution is 2.28. The fourth-order valence-corrected chi connectivity index (χ4v) is 2.94. The fraction of sp³-hybridized carbons (Fsp3) is 0.182. The van der Waals surface area contributed by atoms with Crippen LogP contribution in [0, 0.1) is 0 Å². The van der Waals surface area contributed by atoms with Gasteiger partial charge in [-0.1, -0.05) is 49.3 Å². The molecule has 136 valence electrons. The minimum atomic E-state index is -0.142. The van der Waals surface area contributed by atoms with Gasteiger partial charge >= 0.3 is 0 Å². The van der Waals surface area contributed by atoms with Crippen LogP contribution >= 0.6 is 0 Å². The van der Waals surface area contributed by atoms with E-state index in [2.05, 4.69) is 24.3 Å². The van der Waals surface area contributed by atoms with Gasteiger partial charge in [-0.25, -0.2) is 0 Å². The number of para-hydroxylation sites is 1. The van der Waals surface area contributed by atoms with Crippen molar-refractivity contribution >= 4 is 22.6 Å². The zero-order valence-corrected chi connectivity index (χ0v) is 15.2. The predicted molar refractivity (Wildman–Crippen MR) is 105 cm³/mol. The molecule has 0 saturated heterocycles. The van der Waals surface area contributed by atoms with Crippen LogP contribution in [0.15, 0.2) is 69.6 Å². The highest BCUT2D eigenvalue weighted by atomic mass is 16.5. The molecular weight excluding hydrogens is 340 g/mol. The van der Waals surface area contributed by atoms with E-state index in [0.717, 1.165) is 16.7 Å². The van der Waals surface area contributed by atoms with Crippen molar-refractivity contribution in [2.24, 2.45) is 0 Å². The van der Waals surface area contributed by atoms with Crippen LogP contribution in [0.1, 0.15) is 31.0 Å². The molecule has 0 saturated carbocycles. The van der Waals surface area contributed by atoms with E-state index in [1.807, 2.05) is 54.6 Å². The number of carbonyl (C=O) groups excluding carboxylic acids is 1. The lowest BCUT2D eigenvalue weighted by molar-refractivity contribution is -0.115. The number of fused-ring (bicyclic) bond motifs is 1. The van der Waals surface area contributed by atoms with Crippen molar-refractivity contribution in [1.82, 2.24) is 5.16 Å². The maximum atomic E-state index is 12.3. The Hall–Kier alpha value is -3.34. The summed E-state index contributed by atoms with van der Waals surface area (Å²) in [5.41, 5.74) is 3.35. The largest absolute Gasteiger partial charge is 0.453 e. The Morgan fingerprint density at radius 3 is 2.56 bits per heavy atom. The summed E-state index contributed by atoms with van der Waals surface area (Å²) in [5.74, 6) is 1.42. The molecule has 0 bridgehead atoms. The first-order valence-electron chi connectivity index (χ1n) is 8.93. The van der Waals surface area contributed by atoms with Gasteiger partial charge in [-0.2, -0.15) is 0 Å². The van der Waals surface area contributed by atoms with Gasteiger partial charge < -0.3 is 14.3 Å². The monoisotopic (exact) mass is 360 g/mol. The molecule has 1 N–H and O–H groups in total. The summed E-state index contributed by atoms with van der Waals surface area (Å²) >= 11 is 0. The third kappa shape index (κ3) is 3.77. The van der Waals surface area contributed by atoms with Crippen LogP contribution in [0.5, 0.6) is 0 Å². The number of aromatic nitrogens is 1. The molecule has 0 unspecified atom stereocenters. The SMILES string of the molecule is CC(C)c1ccc(NC(=O)Cc2cc(-c3cc4ccccc4o3)on2)cc1. The Morgan fingerprint density at radius 1 is 1.04 bits per heavy atom. The van der Waals surface area contributed by atoms with Crippen LogP contribution in [-0.2, 0) is 11.2 Å². The average Bonchev–Trinajstić information content (AvgIpc) is 3.28. The quantitative estimate of drug-likeness (QED) is 0.518. The van der Waals surface area contributed by atoms with E-state index in [1.165, 1.54) is 5.56 Å². The second-order valence-corrected chi connectivity index (χ2v) is 6.83. The lowest BCUT2D eigenvalue weighted by Gasteiger charge is -2.07. The van der Waals surface area contributed by atoms with Crippen molar-refractivity contribution in [2.45, 2.75) is 26.2 Å². The van der Waals surface area contributed by atoms with Gasteiger partial charge in [0.05, 0.1) is 12.1 Å². The summed E-state index contributed by atoms with van der Waals surface area (Å²) < 4.78 is 11.1. The molecule has 4 rings (SSSR count). The third-order valence-corrected chi connectivity index (χ3v) is 4.43. The molecule has 0 radical (unpaired) electrons. The first-order valence-corrected chi connectivity index (χ1v) is 8.93. The Labute approximate surface area is 157 Å². The molecular formula is C22H20N2O3. The number of nitrogens with one attached hydrogen (secondary N) is 1. The van der Waals surface area contributed by atoms with Crippen LogP contribution in [0.4, 0.5) is 5.69 Å². The van der Waals surface area contributed by atoms with Crippen LogP contribution in [-0.4, -0.2) is 11.1 Å². The molecule has 27 heavy (non-hydrogen) atoms. The van der Waals surface area contributed by atoms with E-state index < -0.39 is 0 Å². The van der Waals surface area contributed by atoms with Gasteiger partial charge in [-0.15, -0.1) is 0 Å². The first-order chi connectivity index (χ1) is 13.1. The molecule has 4 aromatic rings. The highest BCUT2D eigenvalue weighted by molar-refractivity contribution is 5.92. The van der Waals surface area contributed by atoms with Crippen LogP contribution < -0.4 is 5.32 Å². The lowest BCUT2D eigenvalue weighted by Crippen LogP contribution is -2.14. The number of anilines is 1. The van der Waals surface area contributed by atoms with Crippen molar-refractivity contribution in [2.75, 3.05) is 5.32 Å². The van der Waals surface area contributed by atoms with Gasteiger partial charge in [0.2, 0.25) is 11.7 Å². The highest BCUT2D eigenvalue weighted by Gasteiger charge is 2.14. The van der Waals surface area contributed by atoms with Crippen LogP contribution in [0.25, 0.3) is 22.5 Å². The van der Waals surface area contributed by atoms with E-state index in [9.17, 15) is 4.79 Å². The molecule has 0 atom stereocenters. The van der Waals surface area contributed by atoms with E-state index in [1.54, 1.807) is 6.07 Å². The number of nitrogens with zero attached hydrogens (tertiary/aromatic N) is 1. The summed E-state index contributed by atoms with van der Waals surface area (Å²) in [6.07, 6.45) is 0.135. The van der Waals surface area contributed by atoms with E-state index in [4.69, 9.17) is 8.94 Å². The Balaban J connectivity index is 1.43. The second kappa shape index (κ2) is 7.11. The Morgan fingerprint density at radius 2 is 1.81 bits per heavy atom. The molecule has 0 aliphatic rings. The first kappa shape index (κ1) is 17.1. The van der Waals surface area contributed by atoms with E-state index in [0.29, 0.717) is 23.1 Å². The van der Waals surface area contributed by atoms with E-state index in [-0.39, 0.29) is 12.3 Å². The summed E-state index contributed by atoms with van der Waals surface area (Å²) in [6, 6.07) is 19.2. The van der Waals surface area contributed by atoms with Gasteiger partial charge in [0.1, 0.15) is 5.58 Å². The summed E-state index contributed by atoms with van der Waals surface area (Å²) in [7, 11) is 0. The molecule has 5 nitrogen and oxygen atoms in total. The zero-order valence-electron chi connectivity index (χ0n) is 15.2. The number of amides is 1. The maximum Gasteiger partial charge on any atom is 0.230 e. The van der Waals surface area contributed by atoms with Gasteiger partial charge in [0.25, 0.3) is 0 Å². The van der Waals surface area contributed by atoms with Crippen molar-refractivity contribution in [3.8, 4) is 11.5 Å². The topological polar surface area (TPSA) is 68.3 Å². The number of carbonyl (C=O) groups is 1. The van der Waals surface area contributed by atoms with Crippen molar-refractivity contribution in [1.29, 1.82) is 0 Å². The molecule has 5 heteroatoms. The smallest absolute Gasteiger partial charge is 0.230 e. The van der Waals surface area contributed by atoms with Gasteiger partial charge in [0.15, 0.2) is 5.76 Å². The number of rotatable bonds is 5. The summed E-state index contributed by atoms with van der Waals surface area (Å²) in [5, 5.41) is 7.86. The molecule has 2 aromatic heterocycles. The predicted octanol–water partition coefficient (Wildman–Crippen LogP) is 5.39. The molecule has 2 aromatic carbocycles. The van der Waals surface area contributed by atoms with Crippen molar-refractivity contribution in [3.63, 3.8) is 0 Å². The standard InChI is InChI=1S/C22H20N2O3/c1-14(2)15-7-9-17(10-8-15)23-22(25)13-18-12-21(27-24-18)20-11-16-5-3-4-6-19(16)26-20/h3-12,14H,13H2,1-2H3,(H,23,25). The molecule has 0 fully saturated rings. The lowest BCUT2D eigenvalue weighted by atomic mass is 10.0. The molecule has 0 spiro atoms. The fourth-order valence-electron chi connectivity index (χ4n) is 2.94. The zero-order chi connectivity index (χ0) is 18.8. The van der Waals surface area contributed by atoms with Crippen molar-refractivity contribution < 1.29 is 13.7 Å². The number of hydrogen-bond donors (Lipinski definition) is 1. The van der Waals surface area contributed by atoms with Gasteiger partial charge in [-0.05, 0) is 35.7 Å². The summed E-state index contributed by atoms with van der Waals surface area (Å²) in [6.45, 7) is 4.27. The number of benzene rings is 2. The van der Waals surface area contributed by atoms with Crippen LogP contribution in [0.2, 0.25) is 0 Å². The Bertz CT molecular complexity index is 1040. The third-order valence-electron chi connectivity index (χ3n) is 4.43. The second-order valence-electron chi connectivity index (χ2n) is 6.83. The number of hydrogen-bond acceptors (Lipinski definition) is 4. The molecule has 0 aliphatic carbocycles. The van der Waals surface area contributed by atoms with Crippen molar-refractivity contribution in [3.05, 3.63) is 71.9 Å². The Kier molecular flexibility index (Phi) is 4.50. The van der Waals surface area contributed by atoms with Crippen LogP contribution in [0.3, 0.4) is 0 Å². The minimum Gasteiger partial charge on any atom is -0.453 e. The maximum absolute atomic E-state index is 12.3. The van der Waals surface area contributed by atoms with E-state index >= 15 is 0 Å². The molecule has 1 amide bonds. The average molecular weight is 360 g/mol. The molecule has 2 heterocycles. The normalized spacial score (nSPS) is 11.2. The number of furan rings is 1. The van der Waals surface area contributed by atoms with Gasteiger partial charge in [-0.3, -0.25) is 4.79 Å². The van der Waals surface area contributed by atoms with Gasteiger partial charge in [0, 0.05) is 17.1 Å². The minimum absolute atomic E-state index is 0.135.